The topological polar surface area (TPSA) is 89.4 Å². The third-order valence-corrected chi connectivity index (χ3v) is 6.49. The second-order valence-corrected chi connectivity index (χ2v) is 8.83. The fourth-order valence-corrected chi connectivity index (χ4v) is 4.65. The summed E-state index contributed by atoms with van der Waals surface area (Å²) in [5, 5.41) is 23.5. The number of anilines is 1. The van der Waals surface area contributed by atoms with Gasteiger partial charge in [-0.05, 0) is 42.8 Å². The van der Waals surface area contributed by atoms with Crippen LogP contribution in [-0.2, 0) is 5.75 Å². The lowest BCUT2D eigenvalue weighted by Gasteiger charge is -2.20. The van der Waals surface area contributed by atoms with Crippen molar-refractivity contribution in [2.45, 2.75) is 24.1 Å². The minimum Gasteiger partial charge on any atom is -0.504 e. The van der Waals surface area contributed by atoms with Gasteiger partial charge in [-0.25, -0.2) is 0 Å². The second kappa shape index (κ2) is 9.79. The van der Waals surface area contributed by atoms with Gasteiger partial charge < -0.3 is 19.9 Å². The number of benzene rings is 3. The van der Waals surface area contributed by atoms with Crippen molar-refractivity contribution in [3.63, 3.8) is 0 Å². The first-order valence-electron chi connectivity index (χ1n) is 10.7. The highest BCUT2D eigenvalue weighted by atomic mass is 35.5. The summed E-state index contributed by atoms with van der Waals surface area (Å²) in [6, 6.07) is 20.6. The van der Waals surface area contributed by atoms with E-state index in [1.165, 1.54) is 11.8 Å². The number of halogens is 1. The highest BCUT2D eigenvalue weighted by Crippen LogP contribution is 2.41. The highest BCUT2D eigenvalue weighted by molar-refractivity contribution is 7.98. The van der Waals surface area contributed by atoms with Crippen LogP contribution in [0.3, 0.4) is 0 Å². The first-order valence-corrected chi connectivity index (χ1v) is 12.1. The summed E-state index contributed by atoms with van der Waals surface area (Å²) in [6.45, 7) is 2.30. The molecule has 0 amide bonds. The summed E-state index contributed by atoms with van der Waals surface area (Å²) in [7, 11) is 0. The van der Waals surface area contributed by atoms with Crippen LogP contribution in [0.1, 0.15) is 24.3 Å². The highest BCUT2D eigenvalue weighted by Gasteiger charge is 2.26. The number of phenolic OH excluding ortho intramolecular Hbond substituents is 1. The number of nitrogens with zero attached hydrogens (tertiary/aromatic N) is 3. The van der Waals surface area contributed by atoms with Crippen molar-refractivity contribution < 1.29 is 14.6 Å². The van der Waals surface area contributed by atoms with Crippen molar-refractivity contribution in [3.05, 3.63) is 82.9 Å². The normalized spacial score (nSPS) is 14.2. The Labute approximate surface area is 206 Å². The number of aromatic nitrogens is 3. The molecule has 9 heteroatoms. The molecule has 0 saturated carbocycles. The van der Waals surface area contributed by atoms with E-state index in [1.54, 1.807) is 18.2 Å². The Hall–Kier alpha value is -3.49. The maximum Gasteiger partial charge on any atom is 0.247 e. The Balaban J connectivity index is 1.49. The largest absolute Gasteiger partial charge is 0.504 e. The summed E-state index contributed by atoms with van der Waals surface area (Å²) in [5.41, 5.74) is 3.99. The van der Waals surface area contributed by atoms with Gasteiger partial charge in [-0.3, -0.25) is 0 Å². The molecule has 0 spiro atoms. The number of nitrogens with one attached hydrogen (secondary N) is 1. The standard InChI is InChI=1S/C25H21ClN4O3S/c1-2-32-21-13-15(11-12-20(21)31)23-27-19-10-6-4-8-17(19)22-24(33-23)28-25(30-29-22)34-14-16-7-3-5-9-18(16)26/h3-13,23,27,31H,2,14H2,1H3/t23-/m0/s1. The van der Waals surface area contributed by atoms with E-state index in [1.807, 2.05) is 55.5 Å². The summed E-state index contributed by atoms with van der Waals surface area (Å²) in [4.78, 5) is 4.67. The molecule has 0 unspecified atom stereocenters. The van der Waals surface area contributed by atoms with Gasteiger partial charge in [-0.15, -0.1) is 10.2 Å². The average Bonchev–Trinajstić information content (AvgIpc) is 3.01. The molecule has 1 atom stereocenters. The van der Waals surface area contributed by atoms with Gasteiger partial charge in [0.2, 0.25) is 11.0 Å². The van der Waals surface area contributed by atoms with Crippen molar-refractivity contribution in [3.8, 4) is 28.6 Å². The van der Waals surface area contributed by atoms with Crippen LogP contribution in [0.5, 0.6) is 17.4 Å². The van der Waals surface area contributed by atoms with Crippen molar-refractivity contribution in [1.29, 1.82) is 0 Å². The van der Waals surface area contributed by atoms with Gasteiger partial charge >= 0.3 is 0 Å². The zero-order valence-corrected chi connectivity index (χ0v) is 19.8. The van der Waals surface area contributed by atoms with Gasteiger partial charge in [-0.2, -0.15) is 4.98 Å². The molecule has 1 aliphatic heterocycles. The predicted octanol–water partition coefficient (Wildman–Crippen LogP) is 6.09. The lowest BCUT2D eigenvalue weighted by molar-refractivity contribution is 0.224. The third-order valence-electron chi connectivity index (χ3n) is 5.23. The van der Waals surface area contributed by atoms with Crippen LogP contribution in [0.2, 0.25) is 5.02 Å². The summed E-state index contributed by atoms with van der Waals surface area (Å²) in [6.07, 6.45) is -0.583. The van der Waals surface area contributed by atoms with E-state index >= 15 is 0 Å². The van der Waals surface area contributed by atoms with Crippen molar-refractivity contribution in [1.82, 2.24) is 15.2 Å². The average molecular weight is 493 g/mol. The molecule has 3 aromatic carbocycles. The Bertz CT molecular complexity index is 1340. The summed E-state index contributed by atoms with van der Waals surface area (Å²) < 4.78 is 11.9. The molecule has 172 valence electrons. The maximum atomic E-state index is 10.1. The number of hydrogen-bond donors (Lipinski definition) is 2. The number of thioether (sulfide) groups is 1. The van der Waals surface area contributed by atoms with Crippen LogP contribution in [-0.4, -0.2) is 26.9 Å². The Kier molecular flexibility index (Phi) is 6.42. The van der Waals surface area contributed by atoms with Gasteiger partial charge in [-0.1, -0.05) is 59.8 Å². The quantitative estimate of drug-likeness (QED) is 0.312. The lowest BCUT2D eigenvalue weighted by atomic mass is 10.1. The van der Waals surface area contributed by atoms with Crippen molar-refractivity contribution >= 4 is 29.1 Å². The van der Waals surface area contributed by atoms with Crippen LogP contribution in [0, 0.1) is 0 Å². The van der Waals surface area contributed by atoms with Crippen molar-refractivity contribution in [2.24, 2.45) is 0 Å². The molecule has 2 heterocycles. The number of hydrogen-bond acceptors (Lipinski definition) is 8. The molecular weight excluding hydrogens is 472 g/mol. The van der Waals surface area contributed by atoms with Crippen LogP contribution in [0.15, 0.2) is 71.9 Å². The fraction of sp³-hybridized carbons (Fsp3) is 0.160. The SMILES string of the molecule is CCOc1cc([C@H]2Nc3ccccc3-c3nnc(SCc4ccccc4Cl)nc3O2)ccc1O. The van der Waals surface area contributed by atoms with E-state index < -0.39 is 6.23 Å². The molecular formula is C25H21ClN4O3S. The molecule has 1 aliphatic rings. The lowest BCUT2D eigenvalue weighted by Crippen LogP contribution is -2.17. The molecule has 0 aliphatic carbocycles. The number of para-hydroxylation sites is 1. The second-order valence-electron chi connectivity index (χ2n) is 7.48. The zero-order valence-electron chi connectivity index (χ0n) is 18.2. The zero-order chi connectivity index (χ0) is 23.5. The minimum absolute atomic E-state index is 0.0715. The van der Waals surface area contributed by atoms with E-state index in [-0.39, 0.29) is 5.75 Å². The van der Waals surface area contributed by atoms with E-state index in [9.17, 15) is 5.11 Å². The van der Waals surface area contributed by atoms with Gasteiger partial charge in [0.15, 0.2) is 23.4 Å². The molecule has 0 saturated heterocycles. The van der Waals surface area contributed by atoms with Gasteiger partial charge in [0.1, 0.15) is 0 Å². The molecule has 0 radical (unpaired) electrons. The first kappa shape index (κ1) is 22.3. The number of fused-ring (bicyclic) bond motifs is 3. The van der Waals surface area contributed by atoms with Crippen LogP contribution in [0.4, 0.5) is 5.69 Å². The summed E-state index contributed by atoms with van der Waals surface area (Å²) in [5.74, 6) is 1.43. The fourth-order valence-electron chi connectivity index (χ4n) is 3.58. The predicted molar refractivity (Wildman–Crippen MR) is 133 cm³/mol. The third kappa shape index (κ3) is 4.60. The maximum absolute atomic E-state index is 10.1. The van der Waals surface area contributed by atoms with Crippen LogP contribution >= 0.6 is 23.4 Å². The molecule has 2 N–H and O–H groups in total. The summed E-state index contributed by atoms with van der Waals surface area (Å²) >= 11 is 7.72. The van der Waals surface area contributed by atoms with E-state index in [0.29, 0.717) is 39.9 Å². The van der Waals surface area contributed by atoms with Crippen molar-refractivity contribution in [2.75, 3.05) is 11.9 Å². The minimum atomic E-state index is -0.583. The Morgan fingerprint density at radius 3 is 2.76 bits per heavy atom. The monoisotopic (exact) mass is 492 g/mol. The van der Waals surface area contributed by atoms with Gasteiger partial charge in [0.05, 0.1) is 6.61 Å². The van der Waals surface area contributed by atoms with E-state index in [4.69, 9.17) is 21.1 Å². The van der Waals surface area contributed by atoms with E-state index in [2.05, 4.69) is 20.5 Å². The molecule has 0 fully saturated rings. The molecule has 5 rings (SSSR count). The number of rotatable bonds is 6. The smallest absolute Gasteiger partial charge is 0.247 e. The molecule has 34 heavy (non-hydrogen) atoms. The molecule has 7 nitrogen and oxygen atoms in total. The van der Waals surface area contributed by atoms with Gasteiger partial charge in [0, 0.05) is 27.6 Å². The van der Waals surface area contributed by atoms with E-state index in [0.717, 1.165) is 22.4 Å². The molecule has 1 aromatic heterocycles. The van der Waals surface area contributed by atoms with Crippen LogP contribution < -0.4 is 14.8 Å². The molecule has 0 bridgehead atoms. The van der Waals surface area contributed by atoms with Gasteiger partial charge in [0.25, 0.3) is 0 Å². The number of aromatic hydroxyl groups is 1. The van der Waals surface area contributed by atoms with Crippen LogP contribution in [0.25, 0.3) is 11.3 Å². The number of phenols is 1. The first-order chi connectivity index (χ1) is 16.6. The Morgan fingerprint density at radius 1 is 1.09 bits per heavy atom. The Morgan fingerprint density at radius 2 is 1.91 bits per heavy atom. The molecule has 4 aromatic rings. The number of ether oxygens (including phenoxy) is 2.